The molecule has 84 valence electrons. The smallest absolute Gasteiger partial charge is 0.306 e. The number of carboxylic acid groups (broad SMARTS) is 1. The highest BCUT2D eigenvalue weighted by atomic mass is 16.4. The molecule has 1 aromatic rings. The minimum Gasteiger partial charge on any atom is -0.481 e. The average Bonchev–Trinajstić information content (AvgIpc) is 2.65. The van der Waals surface area contributed by atoms with Gasteiger partial charge >= 0.3 is 5.97 Å². The molecule has 0 saturated carbocycles. The molecule has 0 aromatic carbocycles. The lowest BCUT2D eigenvalue weighted by Crippen LogP contribution is -2.13. The van der Waals surface area contributed by atoms with Gasteiger partial charge in [0.05, 0.1) is 11.6 Å². The van der Waals surface area contributed by atoms with Crippen LogP contribution in [0.25, 0.3) is 0 Å². The lowest BCUT2D eigenvalue weighted by atomic mass is 10.1. The SMILES string of the molecule is CCC(C)n1ccc(CC(C)C(=O)O)n1. The average molecular weight is 210 g/mol. The van der Waals surface area contributed by atoms with Crippen LogP contribution in [0.15, 0.2) is 12.3 Å². The maximum Gasteiger partial charge on any atom is 0.306 e. The standard InChI is InChI=1S/C11H18N2O2/c1-4-9(3)13-6-5-10(12-13)7-8(2)11(14)15/h5-6,8-9H,4,7H2,1-3H3,(H,14,15). The van der Waals surface area contributed by atoms with E-state index in [9.17, 15) is 4.79 Å². The molecule has 0 radical (unpaired) electrons. The third kappa shape index (κ3) is 3.08. The number of hydrogen-bond donors (Lipinski definition) is 1. The zero-order valence-electron chi connectivity index (χ0n) is 9.47. The second-order valence-electron chi connectivity index (χ2n) is 3.99. The number of aliphatic carboxylic acids is 1. The Morgan fingerprint density at radius 1 is 1.60 bits per heavy atom. The first kappa shape index (κ1) is 11.8. The monoisotopic (exact) mass is 210 g/mol. The highest BCUT2D eigenvalue weighted by molar-refractivity contribution is 5.69. The van der Waals surface area contributed by atoms with E-state index in [-0.39, 0.29) is 5.92 Å². The van der Waals surface area contributed by atoms with Crippen molar-refractivity contribution in [3.05, 3.63) is 18.0 Å². The first-order chi connectivity index (χ1) is 7.04. The van der Waals surface area contributed by atoms with Gasteiger partial charge in [-0.3, -0.25) is 9.48 Å². The van der Waals surface area contributed by atoms with Crippen LogP contribution in [0.1, 0.15) is 38.9 Å². The number of carbonyl (C=O) groups is 1. The molecule has 0 spiro atoms. The van der Waals surface area contributed by atoms with Gasteiger partial charge in [0.25, 0.3) is 0 Å². The minimum absolute atomic E-state index is 0.370. The summed E-state index contributed by atoms with van der Waals surface area (Å²) in [7, 11) is 0. The van der Waals surface area contributed by atoms with Gasteiger partial charge in [0.2, 0.25) is 0 Å². The Kier molecular flexibility index (Phi) is 3.88. The van der Waals surface area contributed by atoms with Crippen molar-refractivity contribution in [2.45, 2.75) is 39.7 Å². The van der Waals surface area contributed by atoms with Crippen LogP contribution in [0.5, 0.6) is 0 Å². The van der Waals surface area contributed by atoms with Crippen molar-refractivity contribution < 1.29 is 9.90 Å². The Morgan fingerprint density at radius 3 is 2.80 bits per heavy atom. The molecule has 0 aliphatic rings. The largest absolute Gasteiger partial charge is 0.481 e. The van der Waals surface area contributed by atoms with Gasteiger partial charge in [0.1, 0.15) is 0 Å². The van der Waals surface area contributed by atoms with E-state index in [2.05, 4.69) is 18.9 Å². The van der Waals surface area contributed by atoms with Crippen LogP contribution in [0.3, 0.4) is 0 Å². The fourth-order valence-corrected chi connectivity index (χ4v) is 1.32. The zero-order valence-corrected chi connectivity index (χ0v) is 9.47. The Balaban J connectivity index is 2.64. The van der Waals surface area contributed by atoms with Crippen LogP contribution in [0.4, 0.5) is 0 Å². The number of rotatable bonds is 5. The van der Waals surface area contributed by atoms with E-state index in [1.165, 1.54) is 0 Å². The quantitative estimate of drug-likeness (QED) is 0.809. The molecule has 1 aromatic heterocycles. The van der Waals surface area contributed by atoms with E-state index < -0.39 is 5.97 Å². The van der Waals surface area contributed by atoms with Crippen LogP contribution < -0.4 is 0 Å². The summed E-state index contributed by atoms with van der Waals surface area (Å²) in [4.78, 5) is 10.7. The first-order valence-electron chi connectivity index (χ1n) is 5.31. The molecule has 0 saturated heterocycles. The molecule has 1 rings (SSSR count). The molecular formula is C11H18N2O2. The molecule has 15 heavy (non-hydrogen) atoms. The Morgan fingerprint density at radius 2 is 2.27 bits per heavy atom. The third-order valence-electron chi connectivity index (χ3n) is 2.64. The van der Waals surface area contributed by atoms with Gasteiger partial charge in [-0.25, -0.2) is 0 Å². The normalized spacial score (nSPS) is 14.9. The van der Waals surface area contributed by atoms with Crippen molar-refractivity contribution in [3.63, 3.8) is 0 Å². The molecule has 1 heterocycles. The lowest BCUT2D eigenvalue weighted by molar-refractivity contribution is -0.141. The van der Waals surface area contributed by atoms with Crippen molar-refractivity contribution in [2.75, 3.05) is 0 Å². The van der Waals surface area contributed by atoms with Gasteiger partial charge in [-0.05, 0) is 19.4 Å². The summed E-state index contributed by atoms with van der Waals surface area (Å²) in [6.07, 6.45) is 3.44. The van der Waals surface area contributed by atoms with Crippen molar-refractivity contribution in [2.24, 2.45) is 5.92 Å². The minimum atomic E-state index is -0.770. The fraction of sp³-hybridized carbons (Fsp3) is 0.636. The number of aromatic nitrogens is 2. The maximum atomic E-state index is 10.7. The summed E-state index contributed by atoms with van der Waals surface area (Å²) in [5.74, 6) is -1.14. The highest BCUT2D eigenvalue weighted by Crippen LogP contribution is 2.11. The maximum absolute atomic E-state index is 10.7. The van der Waals surface area contributed by atoms with E-state index in [4.69, 9.17) is 5.11 Å². The molecule has 0 bridgehead atoms. The van der Waals surface area contributed by atoms with E-state index in [1.54, 1.807) is 6.92 Å². The summed E-state index contributed by atoms with van der Waals surface area (Å²) in [6.45, 7) is 5.90. The molecule has 2 unspecified atom stereocenters. The fourth-order valence-electron chi connectivity index (χ4n) is 1.32. The molecule has 0 amide bonds. The van der Waals surface area contributed by atoms with Gasteiger partial charge in [-0.15, -0.1) is 0 Å². The van der Waals surface area contributed by atoms with Crippen LogP contribution in [-0.2, 0) is 11.2 Å². The van der Waals surface area contributed by atoms with Crippen LogP contribution >= 0.6 is 0 Å². The third-order valence-corrected chi connectivity index (χ3v) is 2.64. The molecule has 0 aliphatic heterocycles. The van der Waals surface area contributed by atoms with Gasteiger partial charge in [0, 0.05) is 18.7 Å². The highest BCUT2D eigenvalue weighted by Gasteiger charge is 2.13. The van der Waals surface area contributed by atoms with E-state index in [0.717, 1.165) is 12.1 Å². The summed E-state index contributed by atoms with van der Waals surface area (Å²) >= 11 is 0. The Bertz CT molecular complexity index is 333. The molecule has 2 atom stereocenters. The number of nitrogens with zero attached hydrogens (tertiary/aromatic N) is 2. The second kappa shape index (κ2) is 4.96. The first-order valence-corrected chi connectivity index (χ1v) is 5.31. The summed E-state index contributed by atoms with van der Waals surface area (Å²) in [6, 6.07) is 2.27. The molecule has 4 heteroatoms. The zero-order chi connectivity index (χ0) is 11.4. The van der Waals surface area contributed by atoms with Gasteiger partial charge in [0.15, 0.2) is 0 Å². The molecule has 0 fully saturated rings. The Hall–Kier alpha value is -1.32. The summed E-state index contributed by atoms with van der Waals surface area (Å²) in [5.41, 5.74) is 0.852. The van der Waals surface area contributed by atoms with Crippen LogP contribution in [0.2, 0.25) is 0 Å². The van der Waals surface area contributed by atoms with E-state index in [1.807, 2.05) is 16.9 Å². The van der Waals surface area contributed by atoms with Crippen molar-refractivity contribution in [3.8, 4) is 0 Å². The topological polar surface area (TPSA) is 55.1 Å². The molecular weight excluding hydrogens is 192 g/mol. The van der Waals surface area contributed by atoms with Crippen LogP contribution in [0, 0.1) is 5.92 Å². The van der Waals surface area contributed by atoms with Crippen molar-refractivity contribution >= 4 is 5.97 Å². The van der Waals surface area contributed by atoms with Crippen LogP contribution in [-0.4, -0.2) is 20.9 Å². The summed E-state index contributed by atoms with van der Waals surface area (Å²) < 4.78 is 1.89. The van der Waals surface area contributed by atoms with Crippen molar-refractivity contribution in [1.82, 2.24) is 9.78 Å². The number of carboxylic acids is 1. The second-order valence-corrected chi connectivity index (χ2v) is 3.99. The van der Waals surface area contributed by atoms with E-state index >= 15 is 0 Å². The predicted octanol–water partition coefficient (Wildman–Crippen LogP) is 2.12. The van der Waals surface area contributed by atoms with Gasteiger partial charge < -0.3 is 5.11 Å². The number of hydrogen-bond acceptors (Lipinski definition) is 2. The van der Waals surface area contributed by atoms with Gasteiger partial charge in [-0.1, -0.05) is 13.8 Å². The van der Waals surface area contributed by atoms with Gasteiger partial charge in [-0.2, -0.15) is 5.10 Å². The summed E-state index contributed by atoms with van der Waals surface area (Å²) in [5, 5.41) is 13.1. The lowest BCUT2D eigenvalue weighted by Gasteiger charge is -2.08. The van der Waals surface area contributed by atoms with E-state index in [0.29, 0.717) is 12.5 Å². The molecule has 0 aliphatic carbocycles. The molecule has 1 N–H and O–H groups in total. The van der Waals surface area contributed by atoms with Crippen molar-refractivity contribution in [1.29, 1.82) is 0 Å². The Labute approximate surface area is 89.9 Å². The predicted molar refractivity (Wildman–Crippen MR) is 57.7 cm³/mol. The molecule has 4 nitrogen and oxygen atoms in total.